The van der Waals surface area contributed by atoms with E-state index in [1.54, 1.807) is 18.2 Å². The van der Waals surface area contributed by atoms with Crippen LogP contribution in [-0.2, 0) is 0 Å². The number of aromatic hydroxyl groups is 2. The summed E-state index contributed by atoms with van der Waals surface area (Å²) in [5.74, 6) is 0.717. The van der Waals surface area contributed by atoms with E-state index >= 15 is 0 Å². The summed E-state index contributed by atoms with van der Waals surface area (Å²) >= 11 is 0. The van der Waals surface area contributed by atoms with Gasteiger partial charge in [-0.3, -0.25) is 4.57 Å². The van der Waals surface area contributed by atoms with Gasteiger partial charge in [0.2, 0.25) is 0 Å². The monoisotopic (exact) mass is 422 g/mol. The van der Waals surface area contributed by atoms with Gasteiger partial charge in [0.1, 0.15) is 23.6 Å². The Bertz CT molecular complexity index is 1050. The molecule has 0 unspecified atom stereocenters. The molecule has 0 bridgehead atoms. The maximum Gasteiger partial charge on any atom is 0.329 e. The van der Waals surface area contributed by atoms with Crippen LogP contribution < -0.4 is 9.64 Å². The summed E-state index contributed by atoms with van der Waals surface area (Å²) in [7, 11) is 3.48. The van der Waals surface area contributed by atoms with E-state index in [-0.39, 0.29) is 23.6 Å². The molecular weight excluding hydrogens is 396 g/mol. The molecule has 1 aliphatic heterocycles. The molecule has 31 heavy (non-hydrogen) atoms. The van der Waals surface area contributed by atoms with Crippen molar-refractivity contribution < 1.29 is 19.7 Å². The summed E-state index contributed by atoms with van der Waals surface area (Å²) in [4.78, 5) is 21.3. The highest BCUT2D eigenvalue weighted by Gasteiger charge is 2.26. The lowest BCUT2D eigenvalue weighted by Gasteiger charge is -2.37. The molecule has 2 heterocycles. The van der Waals surface area contributed by atoms with Crippen molar-refractivity contribution in [3.8, 4) is 28.5 Å². The number of methoxy groups -OCH3 is 1. The van der Waals surface area contributed by atoms with E-state index < -0.39 is 0 Å². The number of imidazole rings is 1. The van der Waals surface area contributed by atoms with Crippen LogP contribution in [0.2, 0.25) is 0 Å². The van der Waals surface area contributed by atoms with Gasteiger partial charge >= 0.3 is 6.03 Å². The van der Waals surface area contributed by atoms with E-state index in [0.29, 0.717) is 11.3 Å². The highest BCUT2D eigenvalue weighted by molar-refractivity contribution is 5.78. The Hall–Kier alpha value is -3.68. The van der Waals surface area contributed by atoms with Gasteiger partial charge in [0.05, 0.1) is 12.8 Å². The molecule has 1 saturated heterocycles. The summed E-state index contributed by atoms with van der Waals surface area (Å²) in [5.41, 5.74) is 2.17. The van der Waals surface area contributed by atoms with Crippen LogP contribution in [0.5, 0.6) is 17.2 Å². The predicted octanol–water partition coefficient (Wildman–Crippen LogP) is 3.54. The Kier molecular flexibility index (Phi) is 5.70. The van der Waals surface area contributed by atoms with Crippen molar-refractivity contribution in [2.24, 2.45) is 0 Å². The van der Waals surface area contributed by atoms with Crippen molar-refractivity contribution in [1.29, 1.82) is 0 Å². The minimum atomic E-state index is -0.164. The lowest BCUT2D eigenvalue weighted by atomic mass is 10.0. The number of carbonyl (C=O) groups excluding carboxylic acids is 1. The van der Waals surface area contributed by atoms with Crippen LogP contribution in [-0.4, -0.2) is 64.0 Å². The molecule has 0 saturated carbocycles. The third-order valence-electron chi connectivity index (χ3n) is 5.73. The van der Waals surface area contributed by atoms with Crippen molar-refractivity contribution >= 4 is 11.7 Å². The van der Waals surface area contributed by atoms with E-state index in [4.69, 9.17) is 4.74 Å². The van der Waals surface area contributed by atoms with E-state index in [2.05, 4.69) is 16.0 Å². The molecule has 8 nitrogen and oxygen atoms in total. The number of phenolic OH excluding ortho intramolecular Hbond substituents is 2. The Labute approximate surface area is 180 Å². The number of nitrogens with zero attached hydrogens (tertiary/aromatic N) is 4. The van der Waals surface area contributed by atoms with Gasteiger partial charge in [0.15, 0.2) is 0 Å². The fraction of sp³-hybridized carbons (Fsp3) is 0.304. The number of aromatic nitrogens is 2. The molecule has 1 amide bonds. The van der Waals surface area contributed by atoms with E-state index in [0.717, 1.165) is 37.4 Å². The van der Waals surface area contributed by atoms with Crippen LogP contribution >= 0.6 is 0 Å². The normalized spacial score (nSPS) is 14.5. The Balaban J connectivity index is 1.40. The third kappa shape index (κ3) is 4.42. The number of piperidine rings is 1. The van der Waals surface area contributed by atoms with E-state index in [1.165, 1.54) is 29.1 Å². The molecule has 3 aromatic rings. The lowest BCUT2D eigenvalue weighted by Crippen LogP contribution is -2.46. The number of ether oxygens (including phenoxy) is 1. The fourth-order valence-electron chi connectivity index (χ4n) is 3.98. The molecule has 1 aliphatic rings. The molecule has 162 valence electrons. The number of phenols is 2. The van der Waals surface area contributed by atoms with Crippen LogP contribution in [0.25, 0.3) is 11.3 Å². The fourth-order valence-corrected chi connectivity index (χ4v) is 3.98. The molecular formula is C23H26N4O4. The van der Waals surface area contributed by atoms with Crippen LogP contribution in [0.4, 0.5) is 10.5 Å². The summed E-state index contributed by atoms with van der Waals surface area (Å²) in [6, 6.07) is 12.2. The largest absolute Gasteiger partial charge is 0.508 e. The second kappa shape index (κ2) is 8.59. The van der Waals surface area contributed by atoms with Gasteiger partial charge in [-0.15, -0.1) is 0 Å². The summed E-state index contributed by atoms with van der Waals surface area (Å²) in [6.07, 6.45) is 4.79. The second-order valence-electron chi connectivity index (χ2n) is 7.72. The van der Waals surface area contributed by atoms with Crippen LogP contribution in [0.1, 0.15) is 12.8 Å². The van der Waals surface area contributed by atoms with Gasteiger partial charge in [-0.2, -0.15) is 0 Å². The van der Waals surface area contributed by atoms with E-state index in [9.17, 15) is 15.0 Å². The Morgan fingerprint density at radius 1 is 1.13 bits per heavy atom. The zero-order chi connectivity index (χ0) is 22.0. The molecule has 0 spiro atoms. The summed E-state index contributed by atoms with van der Waals surface area (Å²) < 4.78 is 6.75. The molecule has 0 atom stereocenters. The first kappa shape index (κ1) is 20.6. The summed E-state index contributed by atoms with van der Waals surface area (Å²) in [5, 5.41) is 19.4. The maximum atomic E-state index is 13.0. The first-order valence-corrected chi connectivity index (χ1v) is 10.2. The first-order valence-electron chi connectivity index (χ1n) is 10.2. The van der Waals surface area contributed by atoms with Crippen LogP contribution in [0, 0.1) is 0 Å². The van der Waals surface area contributed by atoms with E-state index in [1.807, 2.05) is 25.2 Å². The van der Waals surface area contributed by atoms with Gasteiger partial charge in [-0.05, 0) is 37.1 Å². The number of benzene rings is 2. The zero-order valence-electron chi connectivity index (χ0n) is 17.6. The molecule has 2 aromatic carbocycles. The van der Waals surface area contributed by atoms with Gasteiger partial charge in [-0.25, -0.2) is 9.78 Å². The third-order valence-corrected chi connectivity index (χ3v) is 5.73. The SMILES string of the molecule is COc1cccc(N2CCC(N(C)C(=O)n3cnc(-c4cc(O)cc(O)c4)c3)CC2)c1. The minimum absolute atomic E-state index is 0.0595. The van der Waals surface area contributed by atoms with Crippen LogP contribution in [0.15, 0.2) is 55.0 Å². The predicted molar refractivity (Wildman–Crippen MR) is 118 cm³/mol. The number of hydrogen-bond acceptors (Lipinski definition) is 6. The molecule has 4 rings (SSSR count). The summed E-state index contributed by atoms with van der Waals surface area (Å²) in [6.45, 7) is 1.71. The smallest absolute Gasteiger partial charge is 0.329 e. The molecule has 0 radical (unpaired) electrons. The number of rotatable bonds is 4. The number of amides is 1. The highest BCUT2D eigenvalue weighted by Crippen LogP contribution is 2.28. The first-order chi connectivity index (χ1) is 14.9. The van der Waals surface area contributed by atoms with Gasteiger partial charge in [0, 0.05) is 55.8 Å². The minimum Gasteiger partial charge on any atom is -0.508 e. The van der Waals surface area contributed by atoms with Gasteiger partial charge < -0.3 is 24.7 Å². The maximum absolute atomic E-state index is 13.0. The number of hydrogen-bond donors (Lipinski definition) is 2. The van der Waals surface area contributed by atoms with Crippen LogP contribution in [0.3, 0.4) is 0 Å². The Morgan fingerprint density at radius 3 is 2.52 bits per heavy atom. The lowest BCUT2D eigenvalue weighted by molar-refractivity contribution is 0.181. The zero-order valence-corrected chi connectivity index (χ0v) is 17.6. The molecule has 8 heteroatoms. The molecule has 1 fully saturated rings. The number of carbonyl (C=O) groups is 1. The average molecular weight is 422 g/mol. The molecule has 2 N–H and O–H groups in total. The van der Waals surface area contributed by atoms with Crippen molar-refractivity contribution in [1.82, 2.24) is 14.5 Å². The standard InChI is InChI=1S/C23H26N4O4/c1-25(17-6-8-26(9-7-17)18-4-3-5-21(12-18)31-2)23(30)27-14-22(24-15-27)16-10-19(28)13-20(29)11-16/h3-5,10-15,17,28-29H,6-9H2,1-2H3. The number of anilines is 1. The Morgan fingerprint density at radius 2 is 1.84 bits per heavy atom. The average Bonchev–Trinajstić information content (AvgIpc) is 3.28. The highest BCUT2D eigenvalue weighted by atomic mass is 16.5. The van der Waals surface area contributed by atoms with Crippen molar-refractivity contribution in [2.45, 2.75) is 18.9 Å². The van der Waals surface area contributed by atoms with Crippen molar-refractivity contribution in [3.63, 3.8) is 0 Å². The topological polar surface area (TPSA) is 91.1 Å². The molecule has 0 aliphatic carbocycles. The van der Waals surface area contributed by atoms with Gasteiger partial charge in [0.25, 0.3) is 0 Å². The molecule has 1 aromatic heterocycles. The van der Waals surface area contributed by atoms with Crippen molar-refractivity contribution in [3.05, 3.63) is 55.0 Å². The van der Waals surface area contributed by atoms with Crippen molar-refractivity contribution in [2.75, 3.05) is 32.1 Å². The second-order valence-corrected chi connectivity index (χ2v) is 7.72. The quantitative estimate of drug-likeness (QED) is 0.668. The van der Waals surface area contributed by atoms with Gasteiger partial charge in [-0.1, -0.05) is 6.07 Å².